The molecule has 1 aliphatic carbocycles. The SMILES string of the molecule is c1ccc(-c2ccc3ccc4ccc(-c5ccc(-c6nc7ccccc7c7cc8c(cc67)-c6ccccc6C86c7ccccc7Oc7ccccc76)cc5)nc4c3n2)cc1. The van der Waals surface area contributed by atoms with Crippen molar-refractivity contribution in [3.05, 3.63) is 222 Å². The molecule has 0 saturated carbocycles. The van der Waals surface area contributed by atoms with Crippen LogP contribution in [0.2, 0.25) is 0 Å². The fourth-order valence-electron chi connectivity index (χ4n) is 10.0. The Morgan fingerprint density at radius 1 is 0.350 bits per heavy atom. The molecular formula is C56H33N3O. The highest BCUT2D eigenvalue weighted by atomic mass is 16.5. The Hall–Kier alpha value is -7.95. The first kappa shape index (κ1) is 33.1. The van der Waals surface area contributed by atoms with E-state index in [9.17, 15) is 0 Å². The van der Waals surface area contributed by atoms with E-state index in [0.717, 1.165) is 94.5 Å². The van der Waals surface area contributed by atoms with Gasteiger partial charge in [0.25, 0.3) is 0 Å². The summed E-state index contributed by atoms with van der Waals surface area (Å²) in [5.41, 5.74) is 15.5. The molecule has 60 heavy (non-hydrogen) atoms. The Morgan fingerprint density at radius 3 is 1.60 bits per heavy atom. The molecular weight excluding hydrogens is 731 g/mol. The maximum atomic E-state index is 6.61. The number of hydrogen-bond acceptors (Lipinski definition) is 4. The van der Waals surface area contributed by atoms with E-state index in [1.54, 1.807) is 0 Å². The summed E-state index contributed by atoms with van der Waals surface area (Å²) in [6.45, 7) is 0. The number of benzene rings is 8. The fourth-order valence-corrected chi connectivity index (χ4v) is 10.0. The minimum atomic E-state index is -0.547. The van der Waals surface area contributed by atoms with Crippen LogP contribution in [0.3, 0.4) is 0 Å². The molecule has 0 bridgehead atoms. The van der Waals surface area contributed by atoms with Gasteiger partial charge >= 0.3 is 0 Å². The summed E-state index contributed by atoms with van der Waals surface area (Å²) < 4.78 is 6.61. The quantitative estimate of drug-likeness (QED) is 0.168. The zero-order valence-electron chi connectivity index (χ0n) is 32.3. The van der Waals surface area contributed by atoms with Crippen molar-refractivity contribution in [3.63, 3.8) is 0 Å². The molecule has 0 N–H and O–H groups in total. The number of ether oxygens (including phenoxy) is 1. The first-order valence-electron chi connectivity index (χ1n) is 20.4. The van der Waals surface area contributed by atoms with Crippen molar-refractivity contribution >= 4 is 43.5 Å². The molecule has 0 fully saturated rings. The van der Waals surface area contributed by atoms with Crippen molar-refractivity contribution in [1.29, 1.82) is 0 Å². The van der Waals surface area contributed by atoms with Gasteiger partial charge in [-0.25, -0.2) is 15.0 Å². The van der Waals surface area contributed by atoms with Crippen LogP contribution >= 0.6 is 0 Å². The lowest BCUT2D eigenvalue weighted by atomic mass is 9.66. The summed E-state index contributed by atoms with van der Waals surface area (Å²) in [7, 11) is 0. The second-order valence-electron chi connectivity index (χ2n) is 15.9. The lowest BCUT2D eigenvalue weighted by molar-refractivity contribution is 0.436. The zero-order chi connectivity index (χ0) is 39.4. The molecule has 0 atom stereocenters. The summed E-state index contributed by atoms with van der Waals surface area (Å²) in [4.78, 5) is 15.8. The Morgan fingerprint density at radius 2 is 0.900 bits per heavy atom. The van der Waals surface area contributed by atoms with Gasteiger partial charge in [-0.3, -0.25) is 0 Å². The van der Waals surface area contributed by atoms with Gasteiger partial charge in [0, 0.05) is 49.4 Å². The molecule has 0 radical (unpaired) electrons. The summed E-state index contributed by atoms with van der Waals surface area (Å²) >= 11 is 0. The molecule has 8 aromatic carbocycles. The van der Waals surface area contributed by atoms with Crippen LogP contribution in [0.15, 0.2) is 200 Å². The zero-order valence-corrected chi connectivity index (χ0v) is 32.3. The molecule has 1 spiro atoms. The number of nitrogens with zero attached hydrogens (tertiary/aromatic N) is 3. The van der Waals surface area contributed by atoms with Gasteiger partial charge in [0.1, 0.15) is 11.5 Å². The van der Waals surface area contributed by atoms with Gasteiger partial charge in [-0.1, -0.05) is 158 Å². The standard InChI is InChI=1S/C56H33N3O/c1-2-12-34(13-3-1)48-30-28-37-26-27-38-29-31-49(58-55(38)54(37)57-48)35-22-24-36(25-23-35)53-43-32-42-39-14-4-6-16-44(39)56(47(42)33-41(43)40-15-5-9-19-50(40)59-53)45-17-7-10-20-51(45)60-52-21-11-8-18-46(52)56/h1-33H. The van der Waals surface area contributed by atoms with E-state index >= 15 is 0 Å². The molecule has 4 nitrogen and oxygen atoms in total. The monoisotopic (exact) mass is 763 g/mol. The van der Waals surface area contributed by atoms with Crippen LogP contribution in [0, 0.1) is 0 Å². The van der Waals surface area contributed by atoms with E-state index in [0.29, 0.717) is 0 Å². The molecule has 2 aliphatic rings. The summed E-state index contributed by atoms with van der Waals surface area (Å²) in [6, 6.07) is 71.2. The number of pyridine rings is 3. The van der Waals surface area contributed by atoms with Gasteiger partial charge in [-0.05, 0) is 70.1 Å². The Bertz CT molecular complexity index is 3530. The third-order valence-electron chi connectivity index (χ3n) is 12.7. The summed E-state index contributed by atoms with van der Waals surface area (Å²) in [6.07, 6.45) is 0. The second-order valence-corrected chi connectivity index (χ2v) is 15.9. The molecule has 4 heteroatoms. The van der Waals surface area contributed by atoms with Crippen LogP contribution < -0.4 is 4.74 Å². The van der Waals surface area contributed by atoms with Gasteiger partial charge < -0.3 is 4.74 Å². The van der Waals surface area contributed by atoms with Crippen LogP contribution in [0.1, 0.15) is 22.3 Å². The number of para-hydroxylation sites is 3. The van der Waals surface area contributed by atoms with Crippen LogP contribution in [0.5, 0.6) is 11.5 Å². The minimum Gasteiger partial charge on any atom is -0.457 e. The van der Waals surface area contributed by atoms with Gasteiger partial charge in [0.05, 0.1) is 39.0 Å². The van der Waals surface area contributed by atoms with Crippen LogP contribution in [-0.4, -0.2) is 15.0 Å². The van der Waals surface area contributed by atoms with E-state index in [4.69, 9.17) is 19.7 Å². The fraction of sp³-hybridized carbons (Fsp3) is 0.0179. The number of aromatic nitrogens is 3. The first-order chi connectivity index (χ1) is 29.7. The van der Waals surface area contributed by atoms with Gasteiger partial charge in [-0.2, -0.15) is 0 Å². The van der Waals surface area contributed by atoms with Crippen molar-refractivity contribution in [2.75, 3.05) is 0 Å². The van der Waals surface area contributed by atoms with Gasteiger partial charge in [-0.15, -0.1) is 0 Å². The third-order valence-corrected chi connectivity index (χ3v) is 12.7. The Labute approximate surface area is 346 Å². The van der Waals surface area contributed by atoms with E-state index in [2.05, 4.69) is 182 Å². The topological polar surface area (TPSA) is 47.9 Å². The molecule has 278 valence electrons. The molecule has 11 aromatic rings. The third kappa shape index (κ3) is 4.64. The van der Waals surface area contributed by atoms with E-state index in [1.807, 2.05) is 18.2 Å². The van der Waals surface area contributed by atoms with E-state index in [1.165, 1.54) is 27.6 Å². The maximum absolute atomic E-state index is 6.61. The van der Waals surface area contributed by atoms with Gasteiger partial charge in [0.2, 0.25) is 0 Å². The highest BCUT2D eigenvalue weighted by Crippen LogP contribution is 2.62. The minimum absolute atomic E-state index is 0.547. The van der Waals surface area contributed by atoms with Crippen LogP contribution in [0.25, 0.3) is 88.4 Å². The average Bonchev–Trinajstić information content (AvgIpc) is 3.60. The maximum Gasteiger partial charge on any atom is 0.132 e. The number of fused-ring (bicyclic) bond motifs is 15. The molecule has 0 saturated heterocycles. The molecule has 3 aromatic heterocycles. The highest BCUT2D eigenvalue weighted by Gasteiger charge is 2.51. The number of hydrogen-bond donors (Lipinski definition) is 0. The van der Waals surface area contributed by atoms with Crippen molar-refractivity contribution in [1.82, 2.24) is 15.0 Å². The highest BCUT2D eigenvalue weighted by molar-refractivity contribution is 6.14. The molecule has 13 rings (SSSR count). The predicted octanol–water partition coefficient (Wildman–Crippen LogP) is 14.0. The summed E-state index contributed by atoms with van der Waals surface area (Å²) in [5.74, 6) is 1.78. The van der Waals surface area contributed by atoms with E-state index in [-0.39, 0.29) is 0 Å². The first-order valence-corrected chi connectivity index (χ1v) is 20.4. The normalized spacial score (nSPS) is 13.3. The molecule has 0 amide bonds. The average molecular weight is 764 g/mol. The molecule has 1 aliphatic heterocycles. The second kappa shape index (κ2) is 12.5. The molecule has 0 unspecified atom stereocenters. The lowest BCUT2D eigenvalue weighted by Gasteiger charge is -2.39. The van der Waals surface area contributed by atoms with E-state index < -0.39 is 5.41 Å². The predicted molar refractivity (Wildman–Crippen MR) is 244 cm³/mol. The molecule has 4 heterocycles. The number of rotatable bonds is 3. The largest absolute Gasteiger partial charge is 0.457 e. The Balaban J connectivity index is 0.993. The van der Waals surface area contributed by atoms with Crippen molar-refractivity contribution in [3.8, 4) is 56.4 Å². The lowest BCUT2D eigenvalue weighted by Crippen LogP contribution is -2.32. The van der Waals surface area contributed by atoms with Crippen molar-refractivity contribution in [2.45, 2.75) is 5.41 Å². The van der Waals surface area contributed by atoms with Crippen molar-refractivity contribution < 1.29 is 4.74 Å². The van der Waals surface area contributed by atoms with Gasteiger partial charge in [0.15, 0.2) is 0 Å². The van der Waals surface area contributed by atoms with Crippen molar-refractivity contribution in [2.24, 2.45) is 0 Å². The smallest absolute Gasteiger partial charge is 0.132 e. The van der Waals surface area contributed by atoms with Crippen LogP contribution in [-0.2, 0) is 5.41 Å². The Kier molecular flexibility index (Phi) is 6.90. The van der Waals surface area contributed by atoms with Crippen LogP contribution in [0.4, 0.5) is 0 Å². The summed E-state index contributed by atoms with van der Waals surface area (Å²) in [5, 5.41) is 5.57.